The van der Waals surface area contributed by atoms with Gasteiger partial charge in [0.25, 0.3) is 0 Å². The Bertz CT molecular complexity index is 1190. The summed E-state index contributed by atoms with van der Waals surface area (Å²) in [5.74, 6) is -0.0728. The minimum atomic E-state index is -0.973. The second-order valence-corrected chi connectivity index (χ2v) is 9.14. The summed E-state index contributed by atoms with van der Waals surface area (Å²) in [5, 5.41) is 19.3. The number of hydrogen-bond acceptors (Lipinski definition) is 5. The Labute approximate surface area is 199 Å². The van der Waals surface area contributed by atoms with Gasteiger partial charge in [-0.15, -0.1) is 0 Å². The zero-order valence-electron chi connectivity index (χ0n) is 19.8. The number of fused-ring (bicyclic) bond motifs is 4. The van der Waals surface area contributed by atoms with Crippen molar-refractivity contribution in [3.05, 3.63) is 59.3 Å². The summed E-state index contributed by atoms with van der Waals surface area (Å²) >= 11 is 0. The third kappa shape index (κ3) is 5.17. The standard InChI is InChI=1S/C18H17N3O.C8H15NO3/c1-2-4-14-12(3-1)13-7-8-19-17(18(13)21-14)11-5-6-16-15(9-11)20-10-22-16;1-5(2)4-7(8(11)12)9-6(3)10/h1-6,9,17,19-21H,7-8,10H2;5,7H,4H2,1-3H3,(H,9,10)(H,11,12)/t17-;7-/m01/s1. The van der Waals surface area contributed by atoms with Crippen LogP contribution in [-0.2, 0) is 16.0 Å². The maximum atomic E-state index is 10.6. The summed E-state index contributed by atoms with van der Waals surface area (Å²) in [6, 6.07) is 14.4. The lowest BCUT2D eigenvalue weighted by Crippen LogP contribution is -2.40. The molecular formula is C26H32N4O4. The van der Waals surface area contributed by atoms with Gasteiger partial charge in [0.2, 0.25) is 5.91 Å². The SMILES string of the molecule is CC(=O)N[C@H](CC(C)C)C(=O)O.c1ccc2c3c([nH]c2c1)[C@H](c1ccc2c(c1)NCO2)NCC3. The molecule has 2 aliphatic heterocycles. The number of aromatic amines is 1. The van der Waals surface area contributed by atoms with E-state index in [1.54, 1.807) is 0 Å². The summed E-state index contributed by atoms with van der Waals surface area (Å²) in [4.78, 5) is 24.7. The monoisotopic (exact) mass is 464 g/mol. The normalized spacial score (nSPS) is 17.0. The van der Waals surface area contributed by atoms with Gasteiger partial charge in [-0.25, -0.2) is 4.79 Å². The molecule has 0 unspecified atom stereocenters. The van der Waals surface area contributed by atoms with Crippen LogP contribution in [0.25, 0.3) is 10.9 Å². The predicted octanol–water partition coefficient (Wildman–Crippen LogP) is 3.79. The Balaban J connectivity index is 0.000000197. The first-order valence-electron chi connectivity index (χ1n) is 11.7. The molecule has 2 atom stereocenters. The van der Waals surface area contributed by atoms with E-state index in [0.29, 0.717) is 13.2 Å². The van der Waals surface area contributed by atoms with Crippen LogP contribution in [0.3, 0.4) is 0 Å². The molecule has 0 aliphatic carbocycles. The minimum absolute atomic E-state index is 0.212. The number of carboxylic acid groups (broad SMARTS) is 1. The molecule has 0 radical (unpaired) electrons. The molecule has 34 heavy (non-hydrogen) atoms. The number of para-hydroxylation sites is 1. The summed E-state index contributed by atoms with van der Waals surface area (Å²) in [7, 11) is 0. The van der Waals surface area contributed by atoms with Gasteiger partial charge in [-0.05, 0) is 48.1 Å². The first-order valence-corrected chi connectivity index (χ1v) is 11.7. The first kappa shape index (κ1) is 23.6. The Hall–Kier alpha value is -3.52. The van der Waals surface area contributed by atoms with Gasteiger partial charge in [-0.3, -0.25) is 4.79 Å². The van der Waals surface area contributed by atoms with Crippen molar-refractivity contribution in [2.75, 3.05) is 18.6 Å². The molecule has 8 nitrogen and oxygen atoms in total. The van der Waals surface area contributed by atoms with E-state index in [9.17, 15) is 9.59 Å². The highest BCUT2D eigenvalue weighted by Gasteiger charge is 2.26. The van der Waals surface area contributed by atoms with Crippen LogP contribution in [0.5, 0.6) is 5.75 Å². The number of anilines is 1. The molecule has 8 heteroatoms. The quantitative estimate of drug-likeness (QED) is 0.392. The van der Waals surface area contributed by atoms with Crippen LogP contribution in [0.1, 0.15) is 50.1 Å². The summed E-state index contributed by atoms with van der Waals surface area (Å²) in [6.45, 7) is 6.71. The van der Waals surface area contributed by atoms with Crippen LogP contribution in [-0.4, -0.2) is 41.3 Å². The Morgan fingerprint density at radius 1 is 1.21 bits per heavy atom. The number of aromatic nitrogens is 1. The van der Waals surface area contributed by atoms with E-state index < -0.39 is 12.0 Å². The fourth-order valence-corrected chi connectivity index (χ4v) is 4.59. The second-order valence-electron chi connectivity index (χ2n) is 9.14. The number of ether oxygens (including phenoxy) is 1. The Kier molecular flexibility index (Phi) is 7.07. The van der Waals surface area contributed by atoms with Crippen molar-refractivity contribution in [2.24, 2.45) is 5.92 Å². The highest BCUT2D eigenvalue weighted by Crippen LogP contribution is 2.37. The maximum Gasteiger partial charge on any atom is 0.326 e. The van der Waals surface area contributed by atoms with E-state index in [1.807, 2.05) is 13.8 Å². The largest absolute Gasteiger partial charge is 0.480 e. The van der Waals surface area contributed by atoms with E-state index in [4.69, 9.17) is 9.84 Å². The molecule has 2 aromatic carbocycles. The molecule has 2 aliphatic rings. The number of aliphatic carboxylic acids is 1. The molecule has 3 aromatic rings. The molecular weight excluding hydrogens is 432 g/mol. The molecule has 0 bridgehead atoms. The number of H-pyrrole nitrogens is 1. The zero-order chi connectivity index (χ0) is 24.2. The molecule has 0 saturated carbocycles. The molecule has 1 amide bonds. The molecule has 0 fully saturated rings. The number of carboxylic acids is 1. The third-order valence-corrected chi connectivity index (χ3v) is 6.07. The fraction of sp³-hybridized carbons (Fsp3) is 0.385. The number of carbonyl (C=O) groups is 2. The smallest absolute Gasteiger partial charge is 0.326 e. The first-order chi connectivity index (χ1) is 16.3. The van der Waals surface area contributed by atoms with E-state index in [-0.39, 0.29) is 17.9 Å². The number of nitrogens with one attached hydrogen (secondary N) is 4. The van der Waals surface area contributed by atoms with Gasteiger partial charge in [0.1, 0.15) is 11.8 Å². The van der Waals surface area contributed by atoms with Gasteiger partial charge in [-0.1, -0.05) is 38.1 Å². The average molecular weight is 465 g/mol. The van der Waals surface area contributed by atoms with E-state index in [2.05, 4.69) is 63.4 Å². The van der Waals surface area contributed by atoms with E-state index in [0.717, 1.165) is 24.4 Å². The van der Waals surface area contributed by atoms with Crippen LogP contribution < -0.4 is 20.7 Å². The van der Waals surface area contributed by atoms with Crippen LogP contribution in [0, 0.1) is 5.92 Å². The highest BCUT2D eigenvalue weighted by molar-refractivity contribution is 5.85. The number of hydrogen-bond donors (Lipinski definition) is 5. The number of rotatable bonds is 5. The lowest BCUT2D eigenvalue weighted by molar-refractivity contribution is -0.142. The zero-order valence-corrected chi connectivity index (χ0v) is 19.8. The average Bonchev–Trinajstić information content (AvgIpc) is 3.42. The second kappa shape index (κ2) is 10.2. The Morgan fingerprint density at radius 2 is 2.00 bits per heavy atom. The molecule has 0 spiro atoms. The van der Waals surface area contributed by atoms with Crippen LogP contribution in [0.15, 0.2) is 42.5 Å². The molecule has 0 saturated heterocycles. The third-order valence-electron chi connectivity index (χ3n) is 6.07. The molecule has 3 heterocycles. The van der Waals surface area contributed by atoms with Gasteiger partial charge >= 0.3 is 5.97 Å². The molecule has 180 valence electrons. The van der Waals surface area contributed by atoms with Crippen molar-refractivity contribution in [1.82, 2.24) is 15.6 Å². The summed E-state index contributed by atoms with van der Waals surface area (Å²) < 4.78 is 5.52. The predicted molar refractivity (Wildman–Crippen MR) is 132 cm³/mol. The van der Waals surface area contributed by atoms with Gasteiger partial charge in [0.05, 0.1) is 11.7 Å². The van der Waals surface area contributed by atoms with Gasteiger partial charge < -0.3 is 30.8 Å². The van der Waals surface area contributed by atoms with Gasteiger partial charge in [0, 0.05) is 30.1 Å². The summed E-state index contributed by atoms with van der Waals surface area (Å²) in [6.07, 6.45) is 1.54. The van der Waals surface area contributed by atoms with Crippen LogP contribution in [0.2, 0.25) is 0 Å². The summed E-state index contributed by atoms with van der Waals surface area (Å²) in [5.41, 5.74) is 6.32. The Morgan fingerprint density at radius 3 is 2.74 bits per heavy atom. The topological polar surface area (TPSA) is 115 Å². The highest BCUT2D eigenvalue weighted by atomic mass is 16.5. The number of amides is 1. The fourth-order valence-electron chi connectivity index (χ4n) is 4.59. The van der Waals surface area contributed by atoms with Crippen LogP contribution >= 0.6 is 0 Å². The number of benzene rings is 2. The van der Waals surface area contributed by atoms with Gasteiger partial charge in [0.15, 0.2) is 6.73 Å². The van der Waals surface area contributed by atoms with Crippen molar-refractivity contribution in [3.63, 3.8) is 0 Å². The number of carbonyl (C=O) groups excluding carboxylic acids is 1. The lowest BCUT2D eigenvalue weighted by Gasteiger charge is -2.25. The van der Waals surface area contributed by atoms with Crippen molar-refractivity contribution < 1.29 is 19.4 Å². The molecule has 5 rings (SSSR count). The minimum Gasteiger partial charge on any atom is -0.480 e. The van der Waals surface area contributed by atoms with Crippen molar-refractivity contribution in [1.29, 1.82) is 0 Å². The van der Waals surface area contributed by atoms with Crippen molar-refractivity contribution in [3.8, 4) is 5.75 Å². The van der Waals surface area contributed by atoms with Crippen LogP contribution in [0.4, 0.5) is 5.69 Å². The lowest BCUT2D eigenvalue weighted by atomic mass is 9.94. The van der Waals surface area contributed by atoms with Crippen molar-refractivity contribution >= 4 is 28.5 Å². The van der Waals surface area contributed by atoms with E-state index >= 15 is 0 Å². The van der Waals surface area contributed by atoms with E-state index in [1.165, 1.54) is 34.6 Å². The van der Waals surface area contributed by atoms with Crippen molar-refractivity contribution in [2.45, 2.75) is 45.7 Å². The molecule has 1 aromatic heterocycles. The molecule has 5 N–H and O–H groups in total. The maximum absolute atomic E-state index is 10.6. The van der Waals surface area contributed by atoms with Gasteiger partial charge in [-0.2, -0.15) is 0 Å².